The molecule has 2 aliphatic heterocycles. The molecule has 2 aliphatic rings. The Kier molecular flexibility index (Phi) is 8.03. The van der Waals surface area contributed by atoms with Crippen LogP contribution < -0.4 is 9.64 Å². The molecule has 8 heteroatoms. The Morgan fingerprint density at radius 1 is 1.06 bits per heavy atom. The van der Waals surface area contributed by atoms with Crippen molar-refractivity contribution < 1.29 is 14.2 Å². The Morgan fingerprint density at radius 2 is 1.81 bits per heavy atom. The van der Waals surface area contributed by atoms with Gasteiger partial charge in [0.15, 0.2) is 0 Å². The SMILES string of the molecule is CC(=NCc1cc(N2CCOCC2)cc(OCCN2CCOCC2)n1)c1cc(C)ccn1. The van der Waals surface area contributed by atoms with Crippen LogP contribution in [0.4, 0.5) is 5.69 Å². The Hall–Kier alpha value is -2.55. The molecule has 172 valence electrons. The van der Waals surface area contributed by atoms with E-state index in [-0.39, 0.29) is 0 Å². The van der Waals surface area contributed by atoms with E-state index in [4.69, 9.17) is 24.2 Å². The van der Waals surface area contributed by atoms with Gasteiger partial charge in [-0.15, -0.1) is 0 Å². The number of rotatable bonds is 8. The number of anilines is 1. The van der Waals surface area contributed by atoms with Crippen LogP contribution in [0, 0.1) is 6.92 Å². The first-order valence-corrected chi connectivity index (χ1v) is 11.4. The van der Waals surface area contributed by atoms with Crippen LogP contribution in [-0.2, 0) is 16.0 Å². The molecule has 2 aromatic rings. The number of pyridine rings is 2. The second-order valence-electron chi connectivity index (χ2n) is 8.18. The molecule has 0 amide bonds. The van der Waals surface area contributed by atoms with Gasteiger partial charge >= 0.3 is 0 Å². The lowest BCUT2D eigenvalue weighted by Gasteiger charge is -2.29. The van der Waals surface area contributed by atoms with Gasteiger partial charge < -0.3 is 19.1 Å². The smallest absolute Gasteiger partial charge is 0.215 e. The third-order valence-electron chi connectivity index (χ3n) is 5.74. The summed E-state index contributed by atoms with van der Waals surface area (Å²) < 4.78 is 17.0. The van der Waals surface area contributed by atoms with Crippen molar-refractivity contribution in [3.63, 3.8) is 0 Å². The number of nitrogens with zero attached hydrogens (tertiary/aromatic N) is 5. The zero-order valence-electron chi connectivity index (χ0n) is 19.1. The Balaban J connectivity index is 1.46. The maximum absolute atomic E-state index is 6.08. The van der Waals surface area contributed by atoms with Gasteiger partial charge in [0, 0.05) is 50.7 Å². The minimum Gasteiger partial charge on any atom is -0.476 e. The molecule has 2 fully saturated rings. The van der Waals surface area contributed by atoms with Crippen LogP contribution in [0.1, 0.15) is 23.9 Å². The lowest BCUT2D eigenvalue weighted by Crippen LogP contribution is -2.38. The molecule has 0 atom stereocenters. The van der Waals surface area contributed by atoms with Gasteiger partial charge in [0.1, 0.15) is 6.61 Å². The fourth-order valence-corrected chi connectivity index (χ4v) is 3.82. The van der Waals surface area contributed by atoms with Crippen molar-refractivity contribution in [2.75, 3.05) is 70.7 Å². The van der Waals surface area contributed by atoms with Crippen molar-refractivity contribution in [3.8, 4) is 5.88 Å². The average molecular weight is 440 g/mol. The van der Waals surface area contributed by atoms with Crippen molar-refractivity contribution in [2.45, 2.75) is 20.4 Å². The molecule has 4 rings (SSSR count). The van der Waals surface area contributed by atoms with Crippen molar-refractivity contribution >= 4 is 11.4 Å². The Morgan fingerprint density at radius 3 is 2.56 bits per heavy atom. The molecule has 2 aromatic heterocycles. The largest absolute Gasteiger partial charge is 0.476 e. The van der Waals surface area contributed by atoms with Crippen LogP contribution in [0.2, 0.25) is 0 Å². The average Bonchev–Trinajstić information content (AvgIpc) is 2.84. The first-order valence-electron chi connectivity index (χ1n) is 11.4. The van der Waals surface area contributed by atoms with Crippen LogP contribution in [0.15, 0.2) is 35.5 Å². The number of morpholine rings is 2. The quantitative estimate of drug-likeness (QED) is 0.585. The van der Waals surface area contributed by atoms with E-state index in [1.807, 2.05) is 25.3 Å². The zero-order chi connectivity index (χ0) is 22.2. The van der Waals surface area contributed by atoms with E-state index in [1.165, 1.54) is 5.56 Å². The Labute approximate surface area is 190 Å². The summed E-state index contributed by atoms with van der Waals surface area (Å²) in [7, 11) is 0. The number of aryl methyl sites for hydroxylation is 1. The zero-order valence-corrected chi connectivity index (χ0v) is 19.1. The third-order valence-corrected chi connectivity index (χ3v) is 5.74. The normalized spacial score (nSPS) is 18.1. The fraction of sp³-hybridized carbons (Fsp3) is 0.542. The number of aromatic nitrogens is 2. The van der Waals surface area contributed by atoms with E-state index < -0.39 is 0 Å². The second-order valence-corrected chi connectivity index (χ2v) is 8.18. The molecule has 0 radical (unpaired) electrons. The first-order chi connectivity index (χ1) is 15.7. The highest BCUT2D eigenvalue weighted by Crippen LogP contribution is 2.23. The number of aliphatic imine (C=N–C) groups is 1. The van der Waals surface area contributed by atoms with Crippen LogP contribution in [-0.4, -0.2) is 86.3 Å². The molecule has 0 aromatic carbocycles. The lowest BCUT2D eigenvalue weighted by molar-refractivity contribution is 0.0320. The molecular weight excluding hydrogens is 406 g/mol. The molecule has 4 heterocycles. The van der Waals surface area contributed by atoms with E-state index in [9.17, 15) is 0 Å². The van der Waals surface area contributed by atoms with Crippen molar-refractivity contribution in [2.24, 2.45) is 4.99 Å². The predicted octanol–water partition coefficient (Wildman–Crippen LogP) is 2.34. The lowest BCUT2D eigenvalue weighted by atomic mass is 10.2. The highest BCUT2D eigenvalue weighted by molar-refractivity contribution is 5.97. The number of ether oxygens (including phenoxy) is 3. The standard InChI is InChI=1S/C24H33N5O3/c1-19-3-4-25-23(15-19)20(2)26-18-21-16-22(29-8-12-31-13-9-29)17-24(27-21)32-14-7-28-5-10-30-11-6-28/h3-4,15-17H,5-14,18H2,1-2H3. The molecule has 0 spiro atoms. The van der Waals surface area contributed by atoms with Crippen LogP contribution in [0.3, 0.4) is 0 Å². The van der Waals surface area contributed by atoms with E-state index >= 15 is 0 Å². The topological polar surface area (TPSA) is 72.3 Å². The van der Waals surface area contributed by atoms with Gasteiger partial charge in [-0.05, 0) is 37.6 Å². The summed E-state index contributed by atoms with van der Waals surface area (Å²) in [6, 6.07) is 8.19. The maximum atomic E-state index is 6.08. The number of hydrogen-bond donors (Lipinski definition) is 0. The molecule has 0 bridgehead atoms. The molecule has 32 heavy (non-hydrogen) atoms. The highest BCUT2D eigenvalue weighted by Gasteiger charge is 2.15. The molecule has 8 nitrogen and oxygen atoms in total. The highest BCUT2D eigenvalue weighted by atomic mass is 16.5. The first kappa shape index (κ1) is 22.6. The fourth-order valence-electron chi connectivity index (χ4n) is 3.82. The molecule has 0 saturated carbocycles. The molecule has 0 N–H and O–H groups in total. The third kappa shape index (κ3) is 6.48. The predicted molar refractivity (Wildman–Crippen MR) is 125 cm³/mol. The Bertz CT molecular complexity index is 908. The maximum Gasteiger partial charge on any atom is 0.215 e. The van der Waals surface area contributed by atoms with E-state index in [1.54, 1.807) is 0 Å². The van der Waals surface area contributed by atoms with Crippen molar-refractivity contribution in [3.05, 3.63) is 47.4 Å². The van der Waals surface area contributed by atoms with Gasteiger partial charge in [0.2, 0.25) is 5.88 Å². The van der Waals surface area contributed by atoms with Crippen LogP contribution >= 0.6 is 0 Å². The minimum atomic E-state index is 0.486. The van der Waals surface area contributed by atoms with E-state index in [0.29, 0.717) is 19.0 Å². The van der Waals surface area contributed by atoms with Crippen LogP contribution in [0.5, 0.6) is 5.88 Å². The molecular formula is C24H33N5O3. The van der Waals surface area contributed by atoms with E-state index in [0.717, 1.165) is 81.9 Å². The molecule has 0 aliphatic carbocycles. The number of hydrogen-bond acceptors (Lipinski definition) is 8. The molecule has 0 unspecified atom stereocenters. The summed E-state index contributed by atoms with van der Waals surface area (Å²) in [6.07, 6.45) is 1.82. The van der Waals surface area contributed by atoms with Crippen molar-refractivity contribution in [1.82, 2.24) is 14.9 Å². The summed E-state index contributed by atoms with van der Waals surface area (Å²) in [6.45, 7) is 12.7. The summed E-state index contributed by atoms with van der Waals surface area (Å²) in [5.74, 6) is 0.652. The second kappa shape index (κ2) is 11.4. The summed E-state index contributed by atoms with van der Waals surface area (Å²) in [4.78, 5) is 18.6. The van der Waals surface area contributed by atoms with Gasteiger partial charge in [-0.2, -0.15) is 0 Å². The molecule has 2 saturated heterocycles. The van der Waals surface area contributed by atoms with Gasteiger partial charge in [0.05, 0.1) is 50.1 Å². The van der Waals surface area contributed by atoms with E-state index in [2.05, 4.69) is 33.8 Å². The summed E-state index contributed by atoms with van der Waals surface area (Å²) in [5, 5.41) is 0. The van der Waals surface area contributed by atoms with Crippen LogP contribution in [0.25, 0.3) is 0 Å². The van der Waals surface area contributed by atoms with Gasteiger partial charge in [-0.3, -0.25) is 14.9 Å². The van der Waals surface area contributed by atoms with Gasteiger partial charge in [-0.25, -0.2) is 4.98 Å². The monoisotopic (exact) mass is 439 g/mol. The summed E-state index contributed by atoms with van der Waals surface area (Å²) >= 11 is 0. The van der Waals surface area contributed by atoms with Crippen molar-refractivity contribution in [1.29, 1.82) is 0 Å². The summed E-state index contributed by atoms with van der Waals surface area (Å²) in [5.41, 5.74) is 4.98. The van der Waals surface area contributed by atoms with Gasteiger partial charge in [-0.1, -0.05) is 0 Å². The minimum absolute atomic E-state index is 0.486. The van der Waals surface area contributed by atoms with Gasteiger partial charge in [0.25, 0.3) is 0 Å².